The number of aliphatic hydroxyl groups excluding tert-OH is 1. The van der Waals surface area contributed by atoms with Crippen molar-refractivity contribution in [3.63, 3.8) is 0 Å². The van der Waals surface area contributed by atoms with Crippen molar-refractivity contribution in [1.82, 2.24) is 0 Å². The van der Waals surface area contributed by atoms with Gasteiger partial charge in [0.05, 0.1) is 18.3 Å². The molecule has 1 saturated heterocycles. The standard InChI is InChI=1S/C15H17FO3/c16-13-5-6-15(12(11-13)3-1-8-17)19-10-7-14-4-2-9-18-14/h5-6,11,14,17H,2,4,7-10H2. The van der Waals surface area contributed by atoms with Crippen LogP contribution in [0.5, 0.6) is 5.75 Å². The normalized spacial score (nSPS) is 17.9. The van der Waals surface area contributed by atoms with Crippen LogP contribution in [-0.2, 0) is 4.74 Å². The van der Waals surface area contributed by atoms with E-state index >= 15 is 0 Å². The quantitative estimate of drug-likeness (QED) is 0.847. The van der Waals surface area contributed by atoms with Gasteiger partial charge in [0.15, 0.2) is 0 Å². The second-order valence-corrected chi connectivity index (χ2v) is 4.37. The second kappa shape index (κ2) is 7.13. The van der Waals surface area contributed by atoms with E-state index in [0.717, 1.165) is 25.9 Å². The molecule has 1 heterocycles. The van der Waals surface area contributed by atoms with Crippen LogP contribution in [0.3, 0.4) is 0 Å². The minimum absolute atomic E-state index is 0.258. The summed E-state index contributed by atoms with van der Waals surface area (Å²) >= 11 is 0. The molecule has 1 aromatic carbocycles. The van der Waals surface area contributed by atoms with Gasteiger partial charge in [-0.3, -0.25) is 0 Å². The molecule has 1 atom stereocenters. The first kappa shape index (κ1) is 13.9. The molecule has 1 unspecified atom stereocenters. The fraction of sp³-hybridized carbons (Fsp3) is 0.467. The van der Waals surface area contributed by atoms with Crippen LogP contribution in [0.4, 0.5) is 4.39 Å². The van der Waals surface area contributed by atoms with Crippen LogP contribution in [0.1, 0.15) is 24.8 Å². The van der Waals surface area contributed by atoms with Crippen LogP contribution < -0.4 is 4.74 Å². The average Bonchev–Trinajstić information content (AvgIpc) is 2.91. The Labute approximate surface area is 112 Å². The van der Waals surface area contributed by atoms with Crippen LogP contribution in [0.2, 0.25) is 0 Å². The summed E-state index contributed by atoms with van der Waals surface area (Å²) in [7, 11) is 0. The summed E-state index contributed by atoms with van der Waals surface area (Å²) in [5.74, 6) is 5.36. The Kier molecular flexibility index (Phi) is 5.20. The molecule has 0 aliphatic carbocycles. The zero-order chi connectivity index (χ0) is 13.5. The Morgan fingerprint density at radius 1 is 1.47 bits per heavy atom. The van der Waals surface area contributed by atoms with Crippen molar-refractivity contribution in [3.8, 4) is 17.6 Å². The molecule has 1 N–H and O–H groups in total. The number of aliphatic hydroxyl groups is 1. The largest absolute Gasteiger partial charge is 0.492 e. The predicted molar refractivity (Wildman–Crippen MR) is 69.4 cm³/mol. The molecule has 19 heavy (non-hydrogen) atoms. The van der Waals surface area contributed by atoms with Gasteiger partial charge in [-0.05, 0) is 31.0 Å². The fourth-order valence-corrected chi connectivity index (χ4v) is 2.03. The van der Waals surface area contributed by atoms with Gasteiger partial charge in [0.1, 0.15) is 18.2 Å². The number of rotatable bonds is 4. The molecule has 3 nitrogen and oxygen atoms in total. The predicted octanol–water partition coefficient (Wildman–Crippen LogP) is 2.12. The number of halogens is 1. The summed E-state index contributed by atoms with van der Waals surface area (Å²) < 4.78 is 24.3. The van der Waals surface area contributed by atoms with Crippen molar-refractivity contribution in [1.29, 1.82) is 0 Å². The zero-order valence-electron chi connectivity index (χ0n) is 10.7. The van der Waals surface area contributed by atoms with E-state index in [1.807, 2.05) is 0 Å². The molecule has 2 rings (SSSR count). The summed E-state index contributed by atoms with van der Waals surface area (Å²) in [6.07, 6.45) is 3.27. The smallest absolute Gasteiger partial charge is 0.135 e. The molecule has 1 aliphatic heterocycles. The molecule has 1 fully saturated rings. The highest BCUT2D eigenvalue weighted by Gasteiger charge is 2.15. The monoisotopic (exact) mass is 264 g/mol. The topological polar surface area (TPSA) is 38.7 Å². The molecule has 0 saturated carbocycles. The highest BCUT2D eigenvalue weighted by molar-refractivity contribution is 5.46. The van der Waals surface area contributed by atoms with E-state index in [-0.39, 0.29) is 18.5 Å². The van der Waals surface area contributed by atoms with E-state index in [1.165, 1.54) is 12.1 Å². The van der Waals surface area contributed by atoms with Crippen molar-refractivity contribution in [2.24, 2.45) is 0 Å². The number of hydrogen-bond acceptors (Lipinski definition) is 3. The number of hydrogen-bond donors (Lipinski definition) is 1. The van der Waals surface area contributed by atoms with Gasteiger partial charge in [0.2, 0.25) is 0 Å². The Balaban J connectivity index is 1.94. The first-order valence-electron chi connectivity index (χ1n) is 6.43. The van der Waals surface area contributed by atoms with Crippen molar-refractivity contribution in [2.45, 2.75) is 25.4 Å². The Bertz CT molecular complexity index is 470. The van der Waals surface area contributed by atoms with E-state index in [1.54, 1.807) is 6.07 Å². The molecule has 102 valence electrons. The van der Waals surface area contributed by atoms with Gasteiger partial charge in [0, 0.05) is 13.0 Å². The van der Waals surface area contributed by atoms with Crippen molar-refractivity contribution in [3.05, 3.63) is 29.6 Å². The lowest BCUT2D eigenvalue weighted by atomic mass is 10.2. The summed E-state index contributed by atoms with van der Waals surface area (Å²) in [4.78, 5) is 0. The maximum atomic E-state index is 13.1. The van der Waals surface area contributed by atoms with Gasteiger partial charge in [-0.25, -0.2) is 4.39 Å². The SMILES string of the molecule is OCC#Cc1cc(F)ccc1OCCC1CCCO1. The minimum atomic E-state index is -0.367. The van der Waals surface area contributed by atoms with Crippen LogP contribution in [0.15, 0.2) is 18.2 Å². The number of ether oxygens (including phenoxy) is 2. The molecular formula is C15H17FO3. The van der Waals surface area contributed by atoms with Crippen LogP contribution >= 0.6 is 0 Å². The minimum Gasteiger partial charge on any atom is -0.492 e. The van der Waals surface area contributed by atoms with Crippen molar-refractivity contribution < 1.29 is 19.0 Å². The van der Waals surface area contributed by atoms with Gasteiger partial charge >= 0.3 is 0 Å². The Hall–Kier alpha value is -1.57. The Morgan fingerprint density at radius 3 is 3.11 bits per heavy atom. The van der Waals surface area contributed by atoms with Crippen LogP contribution in [0.25, 0.3) is 0 Å². The first-order chi connectivity index (χ1) is 9.29. The average molecular weight is 264 g/mol. The maximum absolute atomic E-state index is 13.1. The van der Waals surface area contributed by atoms with Crippen molar-refractivity contribution >= 4 is 0 Å². The zero-order valence-corrected chi connectivity index (χ0v) is 10.7. The van der Waals surface area contributed by atoms with Crippen molar-refractivity contribution in [2.75, 3.05) is 19.8 Å². The van der Waals surface area contributed by atoms with Gasteiger partial charge < -0.3 is 14.6 Å². The molecule has 1 aliphatic rings. The molecule has 4 heteroatoms. The molecule has 1 aromatic rings. The molecular weight excluding hydrogens is 247 g/mol. The molecule has 0 aromatic heterocycles. The fourth-order valence-electron chi connectivity index (χ4n) is 2.03. The molecule has 0 bridgehead atoms. The molecule has 0 spiro atoms. The van der Waals surface area contributed by atoms with Gasteiger partial charge in [-0.15, -0.1) is 0 Å². The summed E-state index contributed by atoms with van der Waals surface area (Å²) in [6.45, 7) is 1.09. The van der Waals surface area contributed by atoms with Gasteiger partial charge in [-0.1, -0.05) is 11.8 Å². The van der Waals surface area contributed by atoms with Gasteiger partial charge in [-0.2, -0.15) is 0 Å². The Morgan fingerprint density at radius 2 is 2.37 bits per heavy atom. The third-order valence-electron chi connectivity index (χ3n) is 2.97. The lowest BCUT2D eigenvalue weighted by Gasteiger charge is -2.11. The first-order valence-corrected chi connectivity index (χ1v) is 6.43. The summed E-state index contributed by atoms with van der Waals surface area (Å²) in [5.41, 5.74) is 0.460. The van der Waals surface area contributed by atoms with Crippen LogP contribution in [0, 0.1) is 17.7 Å². The highest BCUT2D eigenvalue weighted by atomic mass is 19.1. The third kappa shape index (κ3) is 4.23. The lowest BCUT2D eigenvalue weighted by molar-refractivity contribution is 0.0903. The van der Waals surface area contributed by atoms with Crippen LogP contribution in [-0.4, -0.2) is 31.0 Å². The summed E-state index contributed by atoms with van der Waals surface area (Å²) in [5, 5.41) is 8.68. The molecule has 0 amide bonds. The lowest BCUT2D eigenvalue weighted by Crippen LogP contribution is -2.11. The number of benzene rings is 1. The van der Waals surface area contributed by atoms with E-state index in [0.29, 0.717) is 17.9 Å². The van der Waals surface area contributed by atoms with Gasteiger partial charge in [0.25, 0.3) is 0 Å². The van der Waals surface area contributed by atoms with E-state index < -0.39 is 0 Å². The third-order valence-corrected chi connectivity index (χ3v) is 2.97. The highest BCUT2D eigenvalue weighted by Crippen LogP contribution is 2.20. The van der Waals surface area contributed by atoms with E-state index in [9.17, 15) is 4.39 Å². The summed E-state index contributed by atoms with van der Waals surface area (Å²) in [6, 6.07) is 4.21. The molecule has 0 radical (unpaired) electrons. The van der Waals surface area contributed by atoms with E-state index in [4.69, 9.17) is 14.6 Å². The van der Waals surface area contributed by atoms with E-state index in [2.05, 4.69) is 11.8 Å². The maximum Gasteiger partial charge on any atom is 0.135 e. The second-order valence-electron chi connectivity index (χ2n) is 4.37.